The molecule has 1 fully saturated rings. The van der Waals surface area contributed by atoms with E-state index < -0.39 is 0 Å². The van der Waals surface area contributed by atoms with Gasteiger partial charge in [0.15, 0.2) is 11.0 Å². The van der Waals surface area contributed by atoms with E-state index in [1.165, 1.54) is 4.70 Å². The molecule has 9 nitrogen and oxygen atoms in total. The Morgan fingerprint density at radius 3 is 2.52 bits per heavy atom. The van der Waals surface area contributed by atoms with Crippen molar-refractivity contribution < 1.29 is 9.47 Å². The molecule has 0 aliphatic carbocycles. The van der Waals surface area contributed by atoms with Crippen LogP contribution >= 0.6 is 11.3 Å². The van der Waals surface area contributed by atoms with Crippen molar-refractivity contribution in [3.8, 4) is 5.75 Å². The third-order valence-electron chi connectivity index (χ3n) is 5.98. The van der Waals surface area contributed by atoms with E-state index in [9.17, 15) is 0 Å². The maximum Gasteiger partial charge on any atom is 0.186 e. The summed E-state index contributed by atoms with van der Waals surface area (Å²) in [4.78, 5) is 9.66. The van der Waals surface area contributed by atoms with Crippen LogP contribution in [0.1, 0.15) is 17.4 Å². The van der Waals surface area contributed by atoms with E-state index in [1.54, 1.807) is 25.6 Å². The normalized spacial score (nSPS) is 15.8. The number of thiazole rings is 1. The van der Waals surface area contributed by atoms with Gasteiger partial charge in [0, 0.05) is 33.3 Å². The minimum atomic E-state index is -0.0553. The Balaban J connectivity index is 1.39. The summed E-state index contributed by atoms with van der Waals surface area (Å²) in [6.07, 6.45) is 0. The zero-order valence-electron chi connectivity index (χ0n) is 18.8. The molecule has 2 aromatic heterocycles. The van der Waals surface area contributed by atoms with Gasteiger partial charge in [0.05, 0.1) is 36.5 Å². The van der Waals surface area contributed by atoms with Crippen molar-refractivity contribution in [3.63, 3.8) is 0 Å². The van der Waals surface area contributed by atoms with Gasteiger partial charge in [0.1, 0.15) is 5.75 Å². The molecule has 0 unspecified atom stereocenters. The van der Waals surface area contributed by atoms with E-state index in [-0.39, 0.29) is 6.04 Å². The minimum absolute atomic E-state index is 0.0553. The number of tetrazole rings is 1. The summed E-state index contributed by atoms with van der Waals surface area (Å²) in [5, 5.41) is 13.7. The van der Waals surface area contributed by atoms with E-state index >= 15 is 0 Å². The van der Waals surface area contributed by atoms with Crippen LogP contribution in [0.4, 0.5) is 5.13 Å². The van der Waals surface area contributed by atoms with Gasteiger partial charge in [0.25, 0.3) is 0 Å². The van der Waals surface area contributed by atoms with Gasteiger partial charge in [-0.25, -0.2) is 9.67 Å². The van der Waals surface area contributed by atoms with Crippen LogP contribution in [0.5, 0.6) is 5.75 Å². The maximum atomic E-state index is 5.36. The number of nitrogens with zero attached hydrogens (tertiary/aromatic N) is 7. The number of piperazine rings is 1. The largest absolute Gasteiger partial charge is 0.497 e. The van der Waals surface area contributed by atoms with Crippen molar-refractivity contribution in [1.29, 1.82) is 0 Å². The Hall–Kier alpha value is -3.08. The molecule has 3 heterocycles. The first-order valence-electron chi connectivity index (χ1n) is 11.0. The molecule has 172 valence electrons. The van der Waals surface area contributed by atoms with Gasteiger partial charge in [-0.05, 0) is 40.3 Å². The molecule has 1 aliphatic rings. The minimum Gasteiger partial charge on any atom is -0.497 e. The SMILES string of the molecule is COCCn1nnnc1[C@@H](c1ccc(OC)cc1)N1CCN(c2nc3ccccc3s2)CC1. The first-order valence-corrected chi connectivity index (χ1v) is 11.8. The molecule has 5 rings (SSSR count). The highest BCUT2D eigenvalue weighted by Crippen LogP contribution is 2.32. The van der Waals surface area contributed by atoms with Gasteiger partial charge < -0.3 is 14.4 Å². The van der Waals surface area contributed by atoms with Crippen LogP contribution < -0.4 is 9.64 Å². The molecule has 0 N–H and O–H groups in total. The quantitative estimate of drug-likeness (QED) is 0.393. The second-order valence-electron chi connectivity index (χ2n) is 7.92. The molecule has 1 saturated heterocycles. The van der Waals surface area contributed by atoms with Crippen LogP contribution in [0.25, 0.3) is 10.2 Å². The third-order valence-corrected chi connectivity index (χ3v) is 7.07. The Bertz CT molecular complexity index is 1150. The van der Waals surface area contributed by atoms with Gasteiger partial charge >= 0.3 is 0 Å². The summed E-state index contributed by atoms with van der Waals surface area (Å²) in [7, 11) is 3.37. The van der Waals surface area contributed by atoms with Crippen LogP contribution in [0.2, 0.25) is 0 Å². The van der Waals surface area contributed by atoms with Crippen LogP contribution in [-0.4, -0.2) is 77.1 Å². The number of rotatable bonds is 8. The zero-order chi connectivity index (χ0) is 22.6. The smallest absolute Gasteiger partial charge is 0.186 e. The lowest BCUT2D eigenvalue weighted by Gasteiger charge is -2.38. The predicted octanol–water partition coefficient (Wildman–Crippen LogP) is 2.85. The van der Waals surface area contributed by atoms with Crippen molar-refractivity contribution in [2.24, 2.45) is 0 Å². The Kier molecular flexibility index (Phi) is 6.47. The molecule has 33 heavy (non-hydrogen) atoms. The molecule has 2 aromatic carbocycles. The lowest BCUT2D eigenvalue weighted by Crippen LogP contribution is -2.48. The average Bonchev–Trinajstić information content (AvgIpc) is 3.51. The monoisotopic (exact) mass is 465 g/mol. The average molecular weight is 466 g/mol. The van der Waals surface area contributed by atoms with Gasteiger partial charge in [-0.15, -0.1) is 5.10 Å². The number of ether oxygens (including phenoxy) is 2. The van der Waals surface area contributed by atoms with Gasteiger partial charge in [-0.2, -0.15) is 0 Å². The predicted molar refractivity (Wildman–Crippen MR) is 128 cm³/mol. The number of fused-ring (bicyclic) bond motifs is 1. The van der Waals surface area contributed by atoms with Crippen LogP contribution in [-0.2, 0) is 11.3 Å². The fourth-order valence-corrected chi connectivity index (χ4v) is 5.24. The number of hydrogen-bond acceptors (Lipinski definition) is 9. The highest BCUT2D eigenvalue weighted by Gasteiger charge is 2.31. The fourth-order valence-electron chi connectivity index (χ4n) is 4.22. The standard InChI is InChI=1S/C23H27N7O2S/c1-31-16-15-30-22(25-26-27-30)21(17-7-9-18(32-2)10-8-17)28-11-13-29(14-12-28)23-24-19-5-3-4-6-20(19)33-23/h3-10,21H,11-16H2,1-2H3/t21-/m1/s1. The third kappa shape index (κ3) is 4.54. The molecule has 0 saturated carbocycles. The fraction of sp³-hybridized carbons (Fsp3) is 0.391. The number of aromatic nitrogens is 5. The van der Waals surface area contributed by atoms with Crippen molar-refractivity contribution in [2.45, 2.75) is 12.6 Å². The number of hydrogen-bond donors (Lipinski definition) is 0. The van der Waals surface area contributed by atoms with Crippen molar-refractivity contribution >= 4 is 26.7 Å². The molecule has 4 aromatic rings. The molecule has 0 radical (unpaired) electrons. The second kappa shape index (κ2) is 9.82. The number of benzene rings is 2. The number of methoxy groups -OCH3 is 2. The summed E-state index contributed by atoms with van der Waals surface area (Å²) >= 11 is 1.76. The molecular weight excluding hydrogens is 438 g/mol. The second-order valence-corrected chi connectivity index (χ2v) is 8.93. The van der Waals surface area contributed by atoms with E-state index in [4.69, 9.17) is 14.5 Å². The number of anilines is 1. The highest BCUT2D eigenvalue weighted by atomic mass is 32.1. The Labute approximate surface area is 196 Å². The molecule has 1 aliphatic heterocycles. The Morgan fingerprint density at radius 2 is 1.79 bits per heavy atom. The maximum absolute atomic E-state index is 5.36. The lowest BCUT2D eigenvalue weighted by atomic mass is 10.0. The molecule has 1 atom stereocenters. The molecular formula is C23H27N7O2S. The van der Waals surface area contributed by atoms with Crippen molar-refractivity contribution in [3.05, 3.63) is 59.9 Å². The van der Waals surface area contributed by atoms with Crippen LogP contribution in [0.3, 0.4) is 0 Å². The van der Waals surface area contributed by atoms with Crippen LogP contribution in [0, 0.1) is 0 Å². The van der Waals surface area contributed by atoms with E-state index in [2.05, 4.69) is 55.7 Å². The first-order chi connectivity index (χ1) is 16.3. The summed E-state index contributed by atoms with van der Waals surface area (Å²) in [5.74, 6) is 1.66. The molecule has 10 heteroatoms. The highest BCUT2D eigenvalue weighted by molar-refractivity contribution is 7.22. The Morgan fingerprint density at radius 1 is 1.00 bits per heavy atom. The van der Waals surface area contributed by atoms with E-state index in [1.807, 2.05) is 22.9 Å². The zero-order valence-corrected chi connectivity index (χ0v) is 19.6. The van der Waals surface area contributed by atoms with Gasteiger partial charge in [-0.3, -0.25) is 4.90 Å². The summed E-state index contributed by atoms with van der Waals surface area (Å²) in [6, 6.07) is 16.4. The summed E-state index contributed by atoms with van der Waals surface area (Å²) in [6.45, 7) is 4.71. The molecule has 0 bridgehead atoms. The van der Waals surface area contributed by atoms with Gasteiger partial charge in [0.2, 0.25) is 0 Å². The summed E-state index contributed by atoms with van der Waals surface area (Å²) in [5.41, 5.74) is 2.20. The summed E-state index contributed by atoms with van der Waals surface area (Å²) < 4.78 is 13.7. The van der Waals surface area contributed by atoms with E-state index in [0.29, 0.717) is 13.2 Å². The lowest BCUT2D eigenvalue weighted by molar-refractivity contribution is 0.171. The van der Waals surface area contributed by atoms with Gasteiger partial charge in [-0.1, -0.05) is 35.6 Å². The first kappa shape index (κ1) is 21.7. The van der Waals surface area contributed by atoms with Crippen molar-refractivity contribution in [1.82, 2.24) is 30.1 Å². The van der Waals surface area contributed by atoms with Crippen LogP contribution in [0.15, 0.2) is 48.5 Å². The van der Waals surface area contributed by atoms with Crippen molar-refractivity contribution in [2.75, 3.05) is 51.9 Å². The molecule has 0 amide bonds. The van der Waals surface area contributed by atoms with E-state index in [0.717, 1.165) is 54.0 Å². The molecule has 0 spiro atoms. The topological polar surface area (TPSA) is 81.4 Å². The number of para-hydroxylation sites is 1.